The number of hydrogen-bond acceptors (Lipinski definition) is 5. The molecule has 1 aliphatic rings. The average Bonchev–Trinajstić information content (AvgIpc) is 2.95. The zero-order valence-corrected chi connectivity index (χ0v) is 14.3. The predicted octanol–water partition coefficient (Wildman–Crippen LogP) is 1.66. The molecular weight excluding hydrogens is 295 g/mol. The molecule has 3 rings (SSSR count). The molecule has 2 aromatic heterocycles. The summed E-state index contributed by atoms with van der Waals surface area (Å²) in [5.74, 6) is -0.481. The number of rotatable bonds is 2. The van der Waals surface area contributed by atoms with Crippen LogP contribution in [0.3, 0.4) is 0 Å². The first-order chi connectivity index (χ1) is 10.7. The largest absolute Gasteiger partial charge is 0.495 e. The lowest BCUT2D eigenvalue weighted by Crippen LogP contribution is -2.41. The van der Waals surface area contributed by atoms with E-state index in [9.17, 15) is 4.79 Å². The number of fused-ring (bicyclic) bond motifs is 1. The third-order valence-electron chi connectivity index (χ3n) is 4.77. The van der Waals surface area contributed by atoms with Crippen molar-refractivity contribution in [3.05, 3.63) is 24.0 Å². The molecular formula is C16H21BN2O4. The van der Waals surface area contributed by atoms with Crippen molar-refractivity contribution in [3.63, 3.8) is 0 Å². The van der Waals surface area contributed by atoms with Gasteiger partial charge < -0.3 is 18.6 Å². The van der Waals surface area contributed by atoms with Gasteiger partial charge in [-0.25, -0.2) is 9.78 Å². The van der Waals surface area contributed by atoms with Crippen molar-refractivity contribution in [2.24, 2.45) is 7.05 Å². The summed E-state index contributed by atoms with van der Waals surface area (Å²) >= 11 is 0. The monoisotopic (exact) mass is 316 g/mol. The van der Waals surface area contributed by atoms with Gasteiger partial charge in [0.2, 0.25) is 0 Å². The van der Waals surface area contributed by atoms with Crippen LogP contribution in [0.5, 0.6) is 0 Å². The molecule has 1 aliphatic heterocycles. The molecule has 7 heteroatoms. The summed E-state index contributed by atoms with van der Waals surface area (Å²) in [6.45, 7) is 7.99. The van der Waals surface area contributed by atoms with Crippen LogP contribution in [0.4, 0.5) is 0 Å². The molecule has 0 atom stereocenters. The van der Waals surface area contributed by atoms with Crippen LogP contribution in [0.2, 0.25) is 0 Å². The van der Waals surface area contributed by atoms with Gasteiger partial charge in [0.05, 0.1) is 18.3 Å². The van der Waals surface area contributed by atoms with Gasteiger partial charge in [0.15, 0.2) is 5.69 Å². The minimum Gasteiger partial charge on any atom is -0.464 e. The van der Waals surface area contributed by atoms with E-state index in [-0.39, 0.29) is 5.69 Å². The number of nitrogens with zero attached hydrogens (tertiary/aromatic N) is 2. The van der Waals surface area contributed by atoms with Gasteiger partial charge in [0.25, 0.3) is 0 Å². The standard InChI is InChI=1S/C16H21BN2O4/c1-15(2)16(3,4)23-17(22-15)11-9-12(14(20)21-6)18-13-10(11)7-8-19(13)5/h7-9H,1-6H3. The van der Waals surface area contributed by atoms with Gasteiger partial charge in [-0.15, -0.1) is 0 Å². The Bertz CT molecular complexity index is 766. The van der Waals surface area contributed by atoms with Gasteiger partial charge in [-0.2, -0.15) is 0 Å². The highest BCUT2D eigenvalue weighted by molar-refractivity contribution is 6.65. The van der Waals surface area contributed by atoms with E-state index in [1.165, 1.54) is 7.11 Å². The van der Waals surface area contributed by atoms with E-state index in [2.05, 4.69) is 4.98 Å². The minimum atomic E-state index is -0.559. The first-order valence-electron chi connectivity index (χ1n) is 7.56. The molecule has 0 spiro atoms. The van der Waals surface area contributed by atoms with Crippen LogP contribution < -0.4 is 5.46 Å². The van der Waals surface area contributed by atoms with E-state index < -0.39 is 24.3 Å². The topological polar surface area (TPSA) is 62.6 Å². The Labute approximate surface area is 135 Å². The van der Waals surface area contributed by atoms with Crippen molar-refractivity contribution >= 4 is 29.6 Å². The molecule has 0 unspecified atom stereocenters. The smallest absolute Gasteiger partial charge is 0.464 e. The van der Waals surface area contributed by atoms with Gasteiger partial charge >= 0.3 is 13.1 Å². The normalized spacial score (nSPS) is 19.3. The Hall–Kier alpha value is -1.86. The number of esters is 1. The van der Waals surface area contributed by atoms with E-state index in [0.29, 0.717) is 5.65 Å². The zero-order valence-electron chi connectivity index (χ0n) is 14.3. The molecule has 2 aromatic rings. The van der Waals surface area contributed by atoms with Crippen LogP contribution in [0.25, 0.3) is 11.0 Å². The fourth-order valence-corrected chi connectivity index (χ4v) is 2.63. The third-order valence-corrected chi connectivity index (χ3v) is 4.77. The molecule has 1 saturated heterocycles. The Morgan fingerprint density at radius 3 is 2.43 bits per heavy atom. The Kier molecular flexibility index (Phi) is 3.53. The molecule has 3 heterocycles. The predicted molar refractivity (Wildman–Crippen MR) is 87.8 cm³/mol. The molecule has 0 aromatic carbocycles. The summed E-state index contributed by atoms with van der Waals surface area (Å²) in [6, 6.07) is 3.64. The molecule has 122 valence electrons. The quantitative estimate of drug-likeness (QED) is 0.623. The Balaban J connectivity index is 2.15. The van der Waals surface area contributed by atoms with Crippen molar-refractivity contribution < 1.29 is 18.8 Å². The molecule has 0 bridgehead atoms. The lowest BCUT2D eigenvalue weighted by atomic mass is 9.77. The summed E-state index contributed by atoms with van der Waals surface area (Å²) in [5, 5.41) is 0.902. The summed E-state index contributed by atoms with van der Waals surface area (Å²) in [5.41, 5.74) is 0.819. The highest BCUT2D eigenvalue weighted by Gasteiger charge is 2.52. The lowest BCUT2D eigenvalue weighted by molar-refractivity contribution is 0.00578. The third kappa shape index (κ3) is 2.44. The summed E-state index contributed by atoms with van der Waals surface area (Å²) in [6.07, 6.45) is 1.90. The second kappa shape index (κ2) is 5.07. The first-order valence-corrected chi connectivity index (χ1v) is 7.56. The summed E-state index contributed by atoms with van der Waals surface area (Å²) in [7, 11) is 2.66. The van der Waals surface area contributed by atoms with Gasteiger partial charge in [-0.3, -0.25) is 0 Å². The van der Waals surface area contributed by atoms with E-state index >= 15 is 0 Å². The van der Waals surface area contributed by atoms with Crippen molar-refractivity contribution in [2.75, 3.05) is 7.11 Å². The van der Waals surface area contributed by atoms with Crippen LogP contribution in [-0.2, 0) is 21.1 Å². The van der Waals surface area contributed by atoms with Crippen LogP contribution >= 0.6 is 0 Å². The van der Waals surface area contributed by atoms with Crippen LogP contribution in [-0.4, -0.2) is 41.0 Å². The second-order valence-electron chi connectivity index (χ2n) is 6.84. The van der Waals surface area contributed by atoms with E-state index in [0.717, 1.165) is 10.8 Å². The lowest BCUT2D eigenvalue weighted by Gasteiger charge is -2.32. The second-order valence-corrected chi connectivity index (χ2v) is 6.84. The van der Waals surface area contributed by atoms with E-state index in [1.54, 1.807) is 6.07 Å². The van der Waals surface area contributed by atoms with Gasteiger partial charge in [0, 0.05) is 18.6 Å². The number of carbonyl (C=O) groups excluding carboxylic acids is 1. The van der Waals surface area contributed by atoms with Gasteiger partial charge in [0.1, 0.15) is 5.65 Å². The SMILES string of the molecule is COC(=O)c1cc(B2OC(C)(C)C(C)(C)O2)c2ccn(C)c2n1. The maximum Gasteiger partial charge on any atom is 0.495 e. The summed E-state index contributed by atoms with van der Waals surface area (Å²) in [4.78, 5) is 16.3. The molecule has 0 N–H and O–H groups in total. The number of methoxy groups -OCH3 is 1. The Morgan fingerprint density at radius 2 is 1.87 bits per heavy atom. The van der Waals surface area contributed by atoms with Crippen molar-refractivity contribution in [3.8, 4) is 0 Å². The number of ether oxygens (including phenoxy) is 1. The highest BCUT2D eigenvalue weighted by atomic mass is 16.7. The van der Waals surface area contributed by atoms with E-state index in [1.807, 2.05) is 51.6 Å². The molecule has 0 aliphatic carbocycles. The fraction of sp³-hybridized carbons (Fsp3) is 0.500. The number of pyridine rings is 1. The average molecular weight is 316 g/mol. The van der Waals surface area contributed by atoms with Crippen molar-refractivity contribution in [2.45, 2.75) is 38.9 Å². The first kappa shape index (κ1) is 16.0. The Morgan fingerprint density at radius 1 is 1.26 bits per heavy atom. The molecule has 0 amide bonds. The van der Waals surface area contributed by atoms with E-state index in [4.69, 9.17) is 14.0 Å². The van der Waals surface area contributed by atoms with Gasteiger partial charge in [-0.05, 0) is 45.3 Å². The minimum absolute atomic E-state index is 0.242. The molecule has 6 nitrogen and oxygen atoms in total. The van der Waals surface area contributed by atoms with Gasteiger partial charge in [-0.1, -0.05) is 0 Å². The number of carbonyl (C=O) groups is 1. The maximum absolute atomic E-state index is 11.9. The molecule has 0 radical (unpaired) electrons. The van der Waals surface area contributed by atoms with Crippen LogP contribution in [0.15, 0.2) is 18.3 Å². The number of aromatic nitrogens is 2. The fourth-order valence-electron chi connectivity index (χ4n) is 2.63. The van der Waals surface area contributed by atoms with Crippen LogP contribution in [0, 0.1) is 0 Å². The molecule has 0 saturated carbocycles. The summed E-state index contributed by atoms with van der Waals surface area (Å²) < 4.78 is 18.9. The zero-order chi connectivity index (χ0) is 17.0. The molecule has 23 heavy (non-hydrogen) atoms. The van der Waals surface area contributed by atoms with Crippen molar-refractivity contribution in [1.82, 2.24) is 9.55 Å². The highest BCUT2D eigenvalue weighted by Crippen LogP contribution is 2.37. The van der Waals surface area contributed by atoms with Crippen molar-refractivity contribution in [1.29, 1.82) is 0 Å². The van der Waals surface area contributed by atoms with Crippen LogP contribution in [0.1, 0.15) is 38.2 Å². The number of hydrogen-bond donors (Lipinski definition) is 0. The maximum atomic E-state index is 11.9. The molecule has 1 fully saturated rings. The number of aryl methyl sites for hydroxylation is 1.